The number of allylic oxidation sites excluding steroid dienone is 2. The summed E-state index contributed by atoms with van der Waals surface area (Å²) in [6, 6.07) is -0.473. The number of carbonyl (C=O) groups is 3. The van der Waals surface area contributed by atoms with E-state index in [0.717, 1.165) is 86.7 Å². The lowest BCUT2D eigenvalue weighted by Gasteiger charge is -2.25. The molecular weight excluding hydrogens is 813 g/mol. The van der Waals surface area contributed by atoms with E-state index in [9.17, 15) is 19.5 Å². The number of rotatable bonds is 20. The summed E-state index contributed by atoms with van der Waals surface area (Å²) in [5.41, 5.74) is 9.32. The van der Waals surface area contributed by atoms with Crippen molar-refractivity contribution in [1.29, 1.82) is 0 Å². The summed E-state index contributed by atoms with van der Waals surface area (Å²) in [7, 11) is 1.31. The molecule has 10 heteroatoms. The van der Waals surface area contributed by atoms with Crippen LogP contribution in [0.4, 0.5) is 0 Å². The number of esters is 2. The van der Waals surface area contributed by atoms with Crippen LogP contribution in [0.25, 0.3) is 36.1 Å². The number of fused-ring (bicyclic) bond motifs is 8. The molecule has 5 N–H and O–H groups in total. The molecule has 1 unspecified atom stereocenters. The Hall–Kier alpha value is -5.25. The fourth-order valence-electron chi connectivity index (χ4n) is 10.7. The van der Waals surface area contributed by atoms with Crippen LogP contribution in [0.5, 0.6) is 0 Å². The van der Waals surface area contributed by atoms with Gasteiger partial charge < -0.3 is 34.8 Å². The molecule has 3 aromatic heterocycles. The van der Waals surface area contributed by atoms with Crippen molar-refractivity contribution in [3.8, 4) is 0 Å². The van der Waals surface area contributed by atoms with E-state index in [-0.39, 0.29) is 36.6 Å². The molecule has 1 saturated heterocycles. The highest BCUT2D eigenvalue weighted by Crippen LogP contribution is 2.42. The molecule has 1 aliphatic carbocycles. The van der Waals surface area contributed by atoms with Gasteiger partial charge in [0.15, 0.2) is 5.78 Å². The van der Waals surface area contributed by atoms with Crippen LogP contribution in [-0.4, -0.2) is 57.5 Å². The number of nitrogens with one attached hydrogen (secondary N) is 4. The van der Waals surface area contributed by atoms with Gasteiger partial charge in [-0.05, 0) is 117 Å². The molecule has 0 amide bonds. The molecule has 3 aromatic rings. The number of aliphatic hydroxyl groups excluding tert-OH is 1. The molecule has 6 rings (SSSR count). The number of ether oxygens (including phenoxy) is 2. The normalized spacial score (nSPS) is 22.2. The van der Waals surface area contributed by atoms with Crippen molar-refractivity contribution in [2.75, 3.05) is 13.7 Å². The lowest BCUT2D eigenvalue weighted by molar-refractivity contribution is -0.143. The van der Waals surface area contributed by atoms with Crippen molar-refractivity contribution in [3.05, 3.63) is 90.1 Å². The van der Waals surface area contributed by atoms with E-state index in [1.54, 1.807) is 0 Å². The molecule has 6 atom stereocenters. The molecule has 0 saturated carbocycles. The van der Waals surface area contributed by atoms with E-state index < -0.39 is 17.9 Å². The van der Waals surface area contributed by atoms with Gasteiger partial charge in [-0.15, -0.1) is 0 Å². The second-order valence-electron chi connectivity index (χ2n) is 19.8. The van der Waals surface area contributed by atoms with Gasteiger partial charge >= 0.3 is 11.9 Å². The average molecular weight is 889 g/mol. The number of Topliss-reactive ketones (excluding diaryl/α,β-unsaturated/α-hetero) is 1. The van der Waals surface area contributed by atoms with Crippen LogP contribution in [0, 0.1) is 49.4 Å². The largest absolute Gasteiger partial charge is 0.515 e. The number of hydrogen-bond acceptors (Lipinski definition) is 7. The number of aliphatic hydroxyl groups is 1. The van der Waals surface area contributed by atoms with Crippen molar-refractivity contribution >= 4 is 53.9 Å². The third-order valence-corrected chi connectivity index (χ3v) is 14.7. The minimum absolute atomic E-state index is 0.0891. The van der Waals surface area contributed by atoms with Gasteiger partial charge in [-0.25, -0.2) is 0 Å². The predicted octanol–water partition coefficient (Wildman–Crippen LogP) is 8.87. The van der Waals surface area contributed by atoms with Gasteiger partial charge in [0.1, 0.15) is 12.5 Å². The summed E-state index contributed by atoms with van der Waals surface area (Å²) in [5, 5.41) is 17.0. The molecule has 10 nitrogen and oxygen atoms in total. The Morgan fingerprint density at radius 1 is 0.877 bits per heavy atom. The van der Waals surface area contributed by atoms with Gasteiger partial charge in [0.25, 0.3) is 0 Å². The number of methoxy groups -OCH3 is 1. The van der Waals surface area contributed by atoms with Crippen LogP contribution >= 0.6 is 0 Å². The fraction of sp³-hybridized carbons (Fsp3) is 0.545. The van der Waals surface area contributed by atoms with E-state index in [0.29, 0.717) is 40.5 Å². The first-order valence-electron chi connectivity index (χ1n) is 24.4. The summed E-state index contributed by atoms with van der Waals surface area (Å²) < 4.78 is 11.1. The maximum Gasteiger partial charge on any atom is 0.320 e. The van der Waals surface area contributed by atoms with Gasteiger partial charge in [0.05, 0.1) is 30.1 Å². The zero-order valence-corrected chi connectivity index (χ0v) is 40.9. The van der Waals surface area contributed by atoms with Crippen LogP contribution < -0.4 is 26.6 Å². The monoisotopic (exact) mass is 889 g/mol. The van der Waals surface area contributed by atoms with E-state index in [4.69, 9.17) is 9.47 Å². The van der Waals surface area contributed by atoms with Gasteiger partial charge in [-0.2, -0.15) is 0 Å². The number of aromatic nitrogens is 3. The van der Waals surface area contributed by atoms with Crippen LogP contribution in [0.3, 0.4) is 0 Å². The maximum absolute atomic E-state index is 14.4. The first-order chi connectivity index (χ1) is 31.1. The molecule has 3 aliphatic rings. The van der Waals surface area contributed by atoms with E-state index in [1.165, 1.54) is 57.6 Å². The Bertz CT molecular complexity index is 2560. The standard InChI is InChI=1S/C55H76N4O6/c1-12-38-35(8)42-27-43-36(9)40(23-24-48(61)65-26-25-34(7)22-16-21-33(6)20-15-19-32(5)18-14-17-31(3)4)52(58-43)50-51(55(63)64-11)54(62)49-37(10)44(59-53(49)50)28-46-39(13-2)41(30-60)47(57-46)29-45(38)56-42/h12,25,27-33,36,40,51-52,56-60H,1,13-24,26H2,2-11H3/b34-25+,41-30+,43-27+,44-28-,47-29-/t32-,33-,36+,40+,51-,52?/m1/s1. The first-order valence-corrected chi connectivity index (χ1v) is 24.4. The highest BCUT2D eigenvalue weighted by molar-refractivity contribution is 6.19. The quantitative estimate of drug-likeness (QED) is 0.0433. The Morgan fingerprint density at radius 2 is 1.55 bits per heavy atom. The number of hydrogen-bond donors (Lipinski definition) is 5. The summed E-state index contributed by atoms with van der Waals surface area (Å²) in [4.78, 5) is 52.2. The summed E-state index contributed by atoms with van der Waals surface area (Å²) in [6.07, 6.45) is 23.6. The Balaban J connectivity index is 1.22. The van der Waals surface area contributed by atoms with Gasteiger partial charge in [-0.3, -0.25) is 14.4 Å². The SMILES string of the molecule is C=Cc1c2[nH]c(c1C)/C=C1/NC(C3=c4[nH]/c(c(C)c4C(=O)[C@@H]3C(=O)OC)=C\c3[nH]c(/c(=C/O)c3CC)=C\2)[C@@H](CCC(=O)OC/C=C(\C)CCC[C@H](C)CCC[C@H](C)CCCC(C)C)[C@@H]1C. The molecule has 352 valence electrons. The molecule has 0 spiro atoms. The average Bonchev–Trinajstić information content (AvgIpc) is 4.02. The van der Waals surface area contributed by atoms with E-state index in [2.05, 4.69) is 74.5 Å². The fourth-order valence-corrected chi connectivity index (χ4v) is 10.7. The lowest BCUT2D eigenvalue weighted by atomic mass is 9.80. The first kappa shape index (κ1) is 49.2. The van der Waals surface area contributed by atoms with Crippen LogP contribution in [0.15, 0.2) is 23.9 Å². The summed E-state index contributed by atoms with van der Waals surface area (Å²) in [5.74, 6) is -0.281. The number of carbonyl (C=O) groups excluding carboxylic acids is 3. The Kier molecular flexibility index (Phi) is 16.5. The van der Waals surface area contributed by atoms with Gasteiger partial charge in [0, 0.05) is 56.8 Å². The van der Waals surface area contributed by atoms with E-state index >= 15 is 0 Å². The number of ketones is 1. The highest BCUT2D eigenvalue weighted by Gasteiger charge is 2.49. The van der Waals surface area contributed by atoms with Gasteiger partial charge in [0.2, 0.25) is 0 Å². The van der Waals surface area contributed by atoms with Gasteiger partial charge in [-0.1, -0.05) is 105 Å². The number of H-pyrrole nitrogens is 3. The Morgan fingerprint density at radius 3 is 2.20 bits per heavy atom. The Labute approximate surface area is 386 Å². The van der Waals surface area contributed by atoms with Crippen molar-refractivity contribution in [1.82, 2.24) is 20.3 Å². The lowest BCUT2D eigenvalue weighted by Crippen LogP contribution is -2.38. The van der Waals surface area contributed by atoms with Crippen LogP contribution in [-0.2, 0) is 25.5 Å². The second kappa shape index (κ2) is 21.8. The molecule has 1 fully saturated rings. The number of aromatic amines is 3. The summed E-state index contributed by atoms with van der Waals surface area (Å²) in [6.45, 7) is 24.0. The van der Waals surface area contributed by atoms with Crippen molar-refractivity contribution in [2.24, 2.45) is 35.5 Å². The minimum Gasteiger partial charge on any atom is -0.515 e. The molecule has 0 radical (unpaired) electrons. The van der Waals surface area contributed by atoms with Crippen molar-refractivity contribution in [3.63, 3.8) is 0 Å². The van der Waals surface area contributed by atoms with Crippen LogP contribution in [0.1, 0.15) is 169 Å². The zero-order valence-electron chi connectivity index (χ0n) is 40.9. The zero-order chi connectivity index (χ0) is 47.1. The van der Waals surface area contributed by atoms with Crippen molar-refractivity contribution < 1.29 is 29.0 Å². The molecular formula is C55H76N4O6. The highest BCUT2D eigenvalue weighted by atomic mass is 16.5. The minimum atomic E-state index is -1.14. The third kappa shape index (κ3) is 10.9. The van der Waals surface area contributed by atoms with Crippen molar-refractivity contribution in [2.45, 2.75) is 145 Å². The molecule has 65 heavy (non-hydrogen) atoms. The third-order valence-electron chi connectivity index (χ3n) is 14.7. The second-order valence-corrected chi connectivity index (χ2v) is 19.8. The molecule has 2 aliphatic heterocycles. The maximum atomic E-state index is 14.4. The molecule has 5 heterocycles. The summed E-state index contributed by atoms with van der Waals surface area (Å²) >= 11 is 0. The van der Waals surface area contributed by atoms with E-state index in [1.807, 2.05) is 45.1 Å². The van der Waals surface area contributed by atoms with Crippen LogP contribution in [0.2, 0.25) is 0 Å². The topological polar surface area (TPSA) is 149 Å². The molecule has 0 aromatic carbocycles. The smallest absolute Gasteiger partial charge is 0.320 e. The molecule has 8 bridgehead atoms. The predicted molar refractivity (Wildman–Crippen MR) is 264 cm³/mol.